The Morgan fingerprint density at radius 1 is 1.10 bits per heavy atom. The Morgan fingerprint density at radius 3 is 2.20 bits per heavy atom. The van der Waals surface area contributed by atoms with E-state index >= 15 is 0 Å². The van der Waals surface area contributed by atoms with E-state index in [0.29, 0.717) is 11.2 Å². The second-order valence-corrected chi connectivity index (χ2v) is 6.62. The number of nitrogens with one attached hydrogen (secondary N) is 2. The van der Waals surface area contributed by atoms with E-state index < -0.39 is 0 Å². The molecule has 4 nitrogen and oxygen atoms in total. The highest BCUT2D eigenvalue weighted by atomic mass is 32.2. The van der Waals surface area contributed by atoms with Crippen LogP contribution in [0, 0.1) is 0 Å². The first kappa shape index (κ1) is 17.1. The van der Waals surface area contributed by atoms with Gasteiger partial charge in [0, 0.05) is 30.3 Å². The van der Waals surface area contributed by atoms with Gasteiger partial charge in [0.1, 0.15) is 17.5 Å². The first-order chi connectivity index (χ1) is 9.56. The zero-order valence-corrected chi connectivity index (χ0v) is 14.2. The number of rotatable bonds is 9. The molecule has 1 rings (SSSR count). The van der Waals surface area contributed by atoms with Crippen molar-refractivity contribution in [3.05, 3.63) is 11.9 Å². The molecule has 0 saturated carbocycles. The quantitative estimate of drug-likeness (QED) is 0.722. The second kappa shape index (κ2) is 9.06. The molecule has 0 spiro atoms. The maximum Gasteiger partial charge on any atom is 0.135 e. The molecule has 114 valence electrons. The third-order valence-corrected chi connectivity index (χ3v) is 4.12. The van der Waals surface area contributed by atoms with Gasteiger partial charge in [0.05, 0.1) is 0 Å². The molecule has 0 bridgehead atoms. The normalized spacial score (nSPS) is 12.5. The van der Waals surface area contributed by atoms with Gasteiger partial charge in [0.25, 0.3) is 0 Å². The molecule has 1 aromatic rings. The van der Waals surface area contributed by atoms with Gasteiger partial charge in [-0.3, -0.25) is 0 Å². The molecule has 0 aliphatic heterocycles. The molecule has 1 aromatic heterocycles. The minimum atomic E-state index is 0.337. The fraction of sp³-hybridized carbons (Fsp3) is 0.733. The molecular weight excluding hydrogens is 268 g/mol. The molecule has 0 aliphatic rings. The van der Waals surface area contributed by atoms with Gasteiger partial charge in [-0.1, -0.05) is 27.7 Å². The second-order valence-electron chi connectivity index (χ2n) is 5.34. The summed E-state index contributed by atoms with van der Waals surface area (Å²) >= 11 is 1.90. The number of anilines is 2. The summed E-state index contributed by atoms with van der Waals surface area (Å²) in [6.07, 6.45) is 4.38. The summed E-state index contributed by atoms with van der Waals surface area (Å²) in [5.74, 6) is 3.08. The van der Waals surface area contributed by atoms with Crippen molar-refractivity contribution in [1.29, 1.82) is 0 Å². The molecule has 0 amide bonds. The summed E-state index contributed by atoms with van der Waals surface area (Å²) in [7, 11) is 0. The summed E-state index contributed by atoms with van der Waals surface area (Å²) in [4.78, 5) is 9.16. The lowest BCUT2D eigenvalue weighted by atomic mass is 10.2. The van der Waals surface area contributed by atoms with Crippen molar-refractivity contribution in [1.82, 2.24) is 9.97 Å². The van der Waals surface area contributed by atoms with Gasteiger partial charge in [-0.25, -0.2) is 9.97 Å². The molecule has 0 radical (unpaired) electrons. The predicted octanol–water partition coefficient (Wildman–Crippen LogP) is 3.98. The molecule has 1 atom stereocenters. The zero-order valence-electron chi connectivity index (χ0n) is 13.4. The Balaban J connectivity index is 2.70. The van der Waals surface area contributed by atoms with Crippen LogP contribution < -0.4 is 10.6 Å². The lowest BCUT2D eigenvalue weighted by Crippen LogP contribution is -2.12. The van der Waals surface area contributed by atoms with Gasteiger partial charge in [0.2, 0.25) is 0 Å². The van der Waals surface area contributed by atoms with E-state index in [4.69, 9.17) is 0 Å². The standard InChI is InChI=1S/C15H28N4S/c1-6-8-16-13-10-14(17-9-7-12(4)20-5)19-15(18-13)11(2)3/h10-12H,6-9H2,1-5H3,(H2,16,17,18,19). The van der Waals surface area contributed by atoms with E-state index in [0.717, 1.165) is 43.4 Å². The minimum Gasteiger partial charge on any atom is -0.370 e. The van der Waals surface area contributed by atoms with Crippen molar-refractivity contribution < 1.29 is 0 Å². The van der Waals surface area contributed by atoms with Crippen molar-refractivity contribution in [3.63, 3.8) is 0 Å². The predicted molar refractivity (Wildman–Crippen MR) is 91.0 cm³/mol. The maximum absolute atomic E-state index is 4.59. The highest BCUT2D eigenvalue weighted by Gasteiger charge is 2.08. The maximum atomic E-state index is 4.59. The highest BCUT2D eigenvalue weighted by molar-refractivity contribution is 7.99. The van der Waals surface area contributed by atoms with Gasteiger partial charge in [-0.05, 0) is 19.1 Å². The van der Waals surface area contributed by atoms with Gasteiger partial charge in [-0.2, -0.15) is 11.8 Å². The minimum absolute atomic E-state index is 0.337. The van der Waals surface area contributed by atoms with Crippen LogP contribution in [0.25, 0.3) is 0 Å². The third-order valence-electron chi connectivity index (χ3n) is 3.08. The zero-order chi connectivity index (χ0) is 15.0. The highest BCUT2D eigenvalue weighted by Crippen LogP contribution is 2.17. The number of hydrogen-bond donors (Lipinski definition) is 2. The van der Waals surface area contributed by atoms with Crippen LogP contribution in [-0.2, 0) is 0 Å². The molecule has 0 aliphatic carbocycles. The first-order valence-electron chi connectivity index (χ1n) is 7.46. The van der Waals surface area contributed by atoms with Crippen LogP contribution in [-0.4, -0.2) is 34.6 Å². The Morgan fingerprint density at radius 2 is 1.70 bits per heavy atom. The van der Waals surface area contributed by atoms with E-state index in [9.17, 15) is 0 Å². The van der Waals surface area contributed by atoms with Crippen LogP contribution in [0.3, 0.4) is 0 Å². The Kier molecular flexibility index (Phi) is 7.73. The average molecular weight is 296 g/mol. The van der Waals surface area contributed by atoms with E-state index in [1.807, 2.05) is 17.8 Å². The van der Waals surface area contributed by atoms with Crippen LogP contribution in [0.15, 0.2) is 6.07 Å². The SMILES string of the molecule is CCCNc1cc(NCCC(C)SC)nc(C(C)C)n1. The molecule has 20 heavy (non-hydrogen) atoms. The van der Waals surface area contributed by atoms with Crippen LogP contribution >= 0.6 is 11.8 Å². The first-order valence-corrected chi connectivity index (χ1v) is 8.75. The Hall–Kier alpha value is -0.970. The molecule has 0 saturated heterocycles. The molecular formula is C15H28N4S. The summed E-state index contributed by atoms with van der Waals surface area (Å²) in [6.45, 7) is 10.5. The summed E-state index contributed by atoms with van der Waals surface area (Å²) in [5, 5.41) is 7.44. The molecule has 0 fully saturated rings. The van der Waals surface area contributed by atoms with Gasteiger partial charge in [0.15, 0.2) is 0 Å². The van der Waals surface area contributed by atoms with Crippen LogP contribution in [0.5, 0.6) is 0 Å². The largest absolute Gasteiger partial charge is 0.370 e. The smallest absolute Gasteiger partial charge is 0.135 e. The molecule has 2 N–H and O–H groups in total. The number of aromatic nitrogens is 2. The van der Waals surface area contributed by atoms with Crippen molar-refractivity contribution >= 4 is 23.4 Å². The van der Waals surface area contributed by atoms with E-state index in [-0.39, 0.29) is 0 Å². The fourth-order valence-electron chi connectivity index (χ4n) is 1.68. The monoisotopic (exact) mass is 296 g/mol. The van der Waals surface area contributed by atoms with Crippen LogP contribution in [0.1, 0.15) is 52.3 Å². The van der Waals surface area contributed by atoms with E-state index in [1.165, 1.54) is 0 Å². The summed E-state index contributed by atoms with van der Waals surface area (Å²) in [6, 6.07) is 2.01. The van der Waals surface area contributed by atoms with Crippen LogP contribution in [0.4, 0.5) is 11.6 Å². The molecule has 0 aromatic carbocycles. The summed E-state index contributed by atoms with van der Waals surface area (Å²) < 4.78 is 0. The Bertz CT molecular complexity index is 395. The average Bonchev–Trinajstić information content (AvgIpc) is 2.44. The molecule has 1 unspecified atom stereocenters. The third kappa shape index (κ3) is 5.99. The van der Waals surface area contributed by atoms with Gasteiger partial charge in [-0.15, -0.1) is 0 Å². The van der Waals surface area contributed by atoms with Gasteiger partial charge >= 0.3 is 0 Å². The molecule has 1 heterocycles. The van der Waals surface area contributed by atoms with Crippen molar-refractivity contribution in [2.75, 3.05) is 30.0 Å². The van der Waals surface area contributed by atoms with Crippen molar-refractivity contribution in [2.45, 2.75) is 51.7 Å². The van der Waals surface area contributed by atoms with E-state index in [2.05, 4.69) is 54.6 Å². The Labute approximate surface area is 127 Å². The summed E-state index contributed by atoms with van der Waals surface area (Å²) in [5.41, 5.74) is 0. The topological polar surface area (TPSA) is 49.8 Å². The van der Waals surface area contributed by atoms with Gasteiger partial charge < -0.3 is 10.6 Å². The van der Waals surface area contributed by atoms with Crippen molar-refractivity contribution in [3.8, 4) is 0 Å². The number of hydrogen-bond acceptors (Lipinski definition) is 5. The number of thioether (sulfide) groups is 1. The molecule has 5 heteroatoms. The lowest BCUT2D eigenvalue weighted by molar-refractivity contribution is 0.771. The van der Waals surface area contributed by atoms with Crippen LogP contribution in [0.2, 0.25) is 0 Å². The van der Waals surface area contributed by atoms with E-state index in [1.54, 1.807) is 0 Å². The van der Waals surface area contributed by atoms with Crippen molar-refractivity contribution in [2.24, 2.45) is 0 Å². The fourth-order valence-corrected chi connectivity index (χ4v) is 2.03. The lowest BCUT2D eigenvalue weighted by Gasteiger charge is -2.13. The number of nitrogens with zero attached hydrogens (tertiary/aromatic N) is 2.